The maximum absolute atomic E-state index is 12.3. The zero-order chi connectivity index (χ0) is 16.8. The molecule has 2 heterocycles. The number of hydrogen-bond acceptors (Lipinski definition) is 5. The largest absolute Gasteiger partial charge is 0.497 e. The van der Waals surface area contributed by atoms with Crippen molar-refractivity contribution in [2.24, 2.45) is 0 Å². The van der Waals surface area contributed by atoms with Crippen LogP contribution in [0.15, 0.2) is 42.9 Å². The fourth-order valence-electron chi connectivity index (χ4n) is 2.82. The molecule has 0 radical (unpaired) electrons. The summed E-state index contributed by atoms with van der Waals surface area (Å²) >= 11 is 0. The molecule has 6 heteroatoms. The number of benzene rings is 1. The molecular weight excluding hydrogens is 306 g/mol. The highest BCUT2D eigenvalue weighted by atomic mass is 16.5. The maximum atomic E-state index is 12.3. The van der Waals surface area contributed by atoms with Crippen molar-refractivity contribution in [1.29, 1.82) is 0 Å². The minimum absolute atomic E-state index is 0.0231. The third-order valence-corrected chi connectivity index (χ3v) is 4.20. The fraction of sp³-hybridized carbons (Fsp3) is 0.389. The third-order valence-electron chi connectivity index (χ3n) is 4.20. The van der Waals surface area contributed by atoms with Gasteiger partial charge in [0.15, 0.2) is 0 Å². The molecule has 0 bridgehead atoms. The van der Waals surface area contributed by atoms with E-state index in [0.29, 0.717) is 13.2 Å². The summed E-state index contributed by atoms with van der Waals surface area (Å²) in [5.74, 6) is 1.10. The Hall–Kier alpha value is -2.47. The monoisotopic (exact) mass is 327 g/mol. The SMILES string of the molecule is COc1ccc(COCC(=O)N2CCC(c3cnccn3)C2)cc1. The van der Waals surface area contributed by atoms with Crippen molar-refractivity contribution in [2.45, 2.75) is 18.9 Å². The summed E-state index contributed by atoms with van der Waals surface area (Å²) in [6.07, 6.45) is 6.05. The first-order valence-corrected chi connectivity index (χ1v) is 8.00. The number of rotatable bonds is 6. The van der Waals surface area contributed by atoms with Crippen LogP contribution in [0.25, 0.3) is 0 Å². The average Bonchev–Trinajstić information content (AvgIpc) is 3.13. The summed E-state index contributed by atoms with van der Waals surface area (Å²) in [4.78, 5) is 22.5. The van der Waals surface area contributed by atoms with Crippen molar-refractivity contribution >= 4 is 5.91 Å². The molecule has 2 aromatic rings. The van der Waals surface area contributed by atoms with Gasteiger partial charge in [0.1, 0.15) is 12.4 Å². The van der Waals surface area contributed by atoms with Crippen LogP contribution < -0.4 is 4.74 Å². The van der Waals surface area contributed by atoms with Gasteiger partial charge in [0, 0.05) is 37.6 Å². The van der Waals surface area contributed by atoms with Gasteiger partial charge in [-0.2, -0.15) is 0 Å². The average molecular weight is 327 g/mol. The summed E-state index contributed by atoms with van der Waals surface area (Å²) in [7, 11) is 1.63. The van der Waals surface area contributed by atoms with Crippen LogP contribution in [0.1, 0.15) is 23.6 Å². The van der Waals surface area contributed by atoms with Gasteiger partial charge in [0.25, 0.3) is 0 Å². The molecule has 1 aliphatic heterocycles. The quantitative estimate of drug-likeness (QED) is 0.812. The molecule has 0 saturated carbocycles. The van der Waals surface area contributed by atoms with Crippen LogP contribution in [0.2, 0.25) is 0 Å². The summed E-state index contributed by atoms with van der Waals surface area (Å²) in [5.41, 5.74) is 1.97. The van der Waals surface area contributed by atoms with Crippen LogP contribution in [-0.2, 0) is 16.1 Å². The number of carbonyl (C=O) groups is 1. The van der Waals surface area contributed by atoms with E-state index in [0.717, 1.165) is 30.0 Å². The van der Waals surface area contributed by atoms with E-state index < -0.39 is 0 Å². The van der Waals surface area contributed by atoms with Gasteiger partial charge in [-0.15, -0.1) is 0 Å². The van der Waals surface area contributed by atoms with E-state index in [1.54, 1.807) is 25.7 Å². The molecule has 126 valence electrons. The molecule has 24 heavy (non-hydrogen) atoms. The Morgan fingerprint density at radius 1 is 1.29 bits per heavy atom. The van der Waals surface area contributed by atoms with Gasteiger partial charge < -0.3 is 14.4 Å². The van der Waals surface area contributed by atoms with Gasteiger partial charge in [-0.05, 0) is 24.1 Å². The van der Waals surface area contributed by atoms with E-state index in [1.165, 1.54) is 0 Å². The Bertz CT molecular complexity index is 661. The van der Waals surface area contributed by atoms with E-state index in [9.17, 15) is 4.79 Å². The molecule has 3 rings (SSSR count). The molecule has 1 fully saturated rings. The zero-order valence-electron chi connectivity index (χ0n) is 13.7. The van der Waals surface area contributed by atoms with Gasteiger partial charge in [-0.3, -0.25) is 14.8 Å². The van der Waals surface area contributed by atoms with Gasteiger partial charge >= 0.3 is 0 Å². The molecule has 1 aliphatic rings. The van der Waals surface area contributed by atoms with Gasteiger partial charge in [0.2, 0.25) is 5.91 Å². The van der Waals surface area contributed by atoms with Crippen LogP contribution >= 0.6 is 0 Å². The molecule has 0 spiro atoms. The van der Waals surface area contributed by atoms with Crippen molar-refractivity contribution in [3.63, 3.8) is 0 Å². The molecule has 1 unspecified atom stereocenters. The van der Waals surface area contributed by atoms with Crippen LogP contribution in [0.4, 0.5) is 0 Å². The smallest absolute Gasteiger partial charge is 0.248 e. The topological polar surface area (TPSA) is 64.6 Å². The lowest BCUT2D eigenvalue weighted by Crippen LogP contribution is -2.31. The zero-order valence-corrected chi connectivity index (χ0v) is 13.7. The van der Waals surface area contributed by atoms with Crippen molar-refractivity contribution in [1.82, 2.24) is 14.9 Å². The lowest BCUT2D eigenvalue weighted by Gasteiger charge is -2.16. The van der Waals surface area contributed by atoms with Crippen LogP contribution in [0.5, 0.6) is 5.75 Å². The second-order valence-electron chi connectivity index (χ2n) is 5.80. The molecular formula is C18H21N3O3. The van der Waals surface area contributed by atoms with Crippen molar-refractivity contribution in [2.75, 3.05) is 26.8 Å². The summed E-state index contributed by atoms with van der Waals surface area (Å²) < 4.78 is 10.7. The number of methoxy groups -OCH3 is 1. The molecule has 1 aromatic heterocycles. The highest BCUT2D eigenvalue weighted by molar-refractivity contribution is 5.77. The first kappa shape index (κ1) is 16.4. The predicted molar refractivity (Wildman–Crippen MR) is 88.6 cm³/mol. The second kappa shape index (κ2) is 7.88. The van der Waals surface area contributed by atoms with E-state index >= 15 is 0 Å². The molecule has 1 amide bonds. The Balaban J connectivity index is 1.44. The minimum Gasteiger partial charge on any atom is -0.497 e. The van der Waals surface area contributed by atoms with E-state index in [4.69, 9.17) is 9.47 Å². The standard InChI is InChI=1S/C18H21N3O3/c1-23-16-4-2-14(3-5-16)12-24-13-18(22)21-9-6-15(11-21)17-10-19-7-8-20-17/h2-5,7-8,10,15H,6,9,11-13H2,1H3. The first-order chi connectivity index (χ1) is 11.8. The minimum atomic E-state index is 0.0231. The molecule has 6 nitrogen and oxygen atoms in total. The number of likely N-dealkylation sites (tertiary alicyclic amines) is 1. The fourth-order valence-corrected chi connectivity index (χ4v) is 2.82. The highest BCUT2D eigenvalue weighted by Gasteiger charge is 2.28. The summed E-state index contributed by atoms with van der Waals surface area (Å²) in [6, 6.07) is 7.63. The predicted octanol–water partition coefficient (Wildman–Crippen LogP) is 2.02. The number of amides is 1. The van der Waals surface area contributed by atoms with E-state index in [-0.39, 0.29) is 18.4 Å². The van der Waals surface area contributed by atoms with Crippen LogP contribution in [0.3, 0.4) is 0 Å². The van der Waals surface area contributed by atoms with Crippen molar-refractivity contribution < 1.29 is 14.3 Å². The maximum Gasteiger partial charge on any atom is 0.248 e. The lowest BCUT2D eigenvalue weighted by molar-refractivity contribution is -0.135. The van der Waals surface area contributed by atoms with Crippen LogP contribution in [-0.4, -0.2) is 47.6 Å². The summed E-state index contributed by atoms with van der Waals surface area (Å²) in [6.45, 7) is 1.94. The Kier molecular flexibility index (Phi) is 5.38. The molecule has 1 saturated heterocycles. The highest BCUT2D eigenvalue weighted by Crippen LogP contribution is 2.25. The molecule has 1 atom stereocenters. The molecule has 0 N–H and O–H groups in total. The van der Waals surface area contributed by atoms with Gasteiger partial charge in [0.05, 0.1) is 19.4 Å². The number of hydrogen-bond donors (Lipinski definition) is 0. The van der Waals surface area contributed by atoms with Crippen molar-refractivity contribution in [3.8, 4) is 5.75 Å². The number of nitrogens with zero attached hydrogens (tertiary/aromatic N) is 3. The number of ether oxygens (including phenoxy) is 2. The van der Waals surface area contributed by atoms with E-state index in [2.05, 4.69) is 9.97 Å². The summed E-state index contributed by atoms with van der Waals surface area (Å²) in [5, 5.41) is 0. The lowest BCUT2D eigenvalue weighted by atomic mass is 10.1. The Morgan fingerprint density at radius 3 is 2.83 bits per heavy atom. The number of carbonyl (C=O) groups excluding carboxylic acids is 1. The van der Waals surface area contributed by atoms with Gasteiger partial charge in [-0.1, -0.05) is 12.1 Å². The Morgan fingerprint density at radius 2 is 2.12 bits per heavy atom. The number of aromatic nitrogens is 2. The normalized spacial score (nSPS) is 17.0. The van der Waals surface area contributed by atoms with Crippen molar-refractivity contribution in [3.05, 3.63) is 54.1 Å². The second-order valence-corrected chi connectivity index (χ2v) is 5.80. The molecule has 0 aliphatic carbocycles. The molecule has 1 aromatic carbocycles. The van der Waals surface area contributed by atoms with Crippen LogP contribution in [0, 0.1) is 0 Å². The van der Waals surface area contributed by atoms with E-state index in [1.807, 2.05) is 29.2 Å². The van der Waals surface area contributed by atoms with Gasteiger partial charge in [-0.25, -0.2) is 0 Å². The Labute approximate surface area is 141 Å². The third kappa shape index (κ3) is 4.08. The first-order valence-electron chi connectivity index (χ1n) is 8.00.